The van der Waals surface area contributed by atoms with Crippen LogP contribution in [-0.2, 0) is 7.05 Å². The second-order valence-corrected chi connectivity index (χ2v) is 3.81. The Bertz CT molecular complexity index is 506. The second-order valence-electron chi connectivity index (χ2n) is 3.81. The fourth-order valence-electron chi connectivity index (χ4n) is 1.47. The normalized spacial score (nSPS) is 11.1. The van der Waals surface area contributed by atoms with Gasteiger partial charge in [0, 0.05) is 24.0 Å². The van der Waals surface area contributed by atoms with Crippen LogP contribution < -0.4 is 5.73 Å². The van der Waals surface area contributed by atoms with Crippen LogP contribution >= 0.6 is 0 Å². The van der Waals surface area contributed by atoms with Crippen molar-refractivity contribution in [3.8, 4) is 0 Å². The molecule has 0 aliphatic carbocycles. The molecule has 2 N–H and O–H groups in total. The van der Waals surface area contributed by atoms with Crippen molar-refractivity contribution in [1.29, 1.82) is 0 Å². The number of benzene rings is 1. The van der Waals surface area contributed by atoms with Crippen LogP contribution in [0, 0.1) is 6.92 Å². The first-order valence-corrected chi connectivity index (χ1v) is 5.19. The van der Waals surface area contributed by atoms with E-state index >= 15 is 0 Å². The number of nitrogens with zero attached hydrogens (tertiary/aromatic N) is 2. The third-order valence-electron chi connectivity index (χ3n) is 2.67. The first-order chi connectivity index (χ1) is 7.66. The average molecular weight is 213 g/mol. The maximum Gasteiger partial charge on any atom is 0.0564 e. The van der Waals surface area contributed by atoms with Gasteiger partial charge in [0.2, 0.25) is 0 Å². The van der Waals surface area contributed by atoms with Crippen molar-refractivity contribution in [1.82, 2.24) is 9.78 Å². The Hall–Kier alpha value is -2.03. The SMILES string of the molecule is Cc1c(C=Cc2ccc(N)cc2)cnn1C. The predicted octanol–water partition coefficient (Wildman–Crippen LogP) is 2.48. The van der Waals surface area contributed by atoms with Crippen LogP contribution in [0.2, 0.25) is 0 Å². The summed E-state index contributed by atoms with van der Waals surface area (Å²) in [6.07, 6.45) is 5.99. The standard InChI is InChI=1S/C13H15N3/c1-10-12(9-15-16(10)2)6-3-11-4-7-13(14)8-5-11/h3-9H,14H2,1-2H3. The molecule has 82 valence electrons. The van der Waals surface area contributed by atoms with E-state index in [0.29, 0.717) is 0 Å². The Labute approximate surface area is 95.2 Å². The number of nitrogen functional groups attached to an aromatic ring is 1. The molecule has 3 nitrogen and oxygen atoms in total. The quantitative estimate of drug-likeness (QED) is 0.779. The highest BCUT2D eigenvalue weighted by Crippen LogP contribution is 2.12. The van der Waals surface area contributed by atoms with Crippen molar-refractivity contribution >= 4 is 17.8 Å². The van der Waals surface area contributed by atoms with E-state index in [2.05, 4.69) is 24.2 Å². The lowest BCUT2D eigenvalue weighted by molar-refractivity contribution is 0.740. The number of hydrogen-bond acceptors (Lipinski definition) is 2. The third kappa shape index (κ3) is 2.14. The summed E-state index contributed by atoms with van der Waals surface area (Å²) in [5.41, 5.74) is 9.84. The lowest BCUT2D eigenvalue weighted by atomic mass is 10.1. The molecule has 0 atom stereocenters. The smallest absolute Gasteiger partial charge is 0.0564 e. The largest absolute Gasteiger partial charge is 0.399 e. The monoisotopic (exact) mass is 213 g/mol. The van der Waals surface area contributed by atoms with Crippen LogP contribution in [0.15, 0.2) is 30.5 Å². The van der Waals surface area contributed by atoms with Crippen LogP contribution in [0.25, 0.3) is 12.2 Å². The molecule has 2 aromatic rings. The Balaban J connectivity index is 2.21. The van der Waals surface area contributed by atoms with Gasteiger partial charge in [0.25, 0.3) is 0 Å². The van der Waals surface area contributed by atoms with Gasteiger partial charge in [-0.2, -0.15) is 5.10 Å². The van der Waals surface area contributed by atoms with Crippen molar-refractivity contribution in [3.63, 3.8) is 0 Å². The minimum Gasteiger partial charge on any atom is -0.399 e. The fourth-order valence-corrected chi connectivity index (χ4v) is 1.47. The molecule has 0 fully saturated rings. The fraction of sp³-hybridized carbons (Fsp3) is 0.154. The molecule has 1 heterocycles. The molecular weight excluding hydrogens is 198 g/mol. The Morgan fingerprint density at radius 2 is 1.88 bits per heavy atom. The highest BCUT2D eigenvalue weighted by atomic mass is 15.3. The summed E-state index contributed by atoms with van der Waals surface area (Å²) in [7, 11) is 1.94. The summed E-state index contributed by atoms with van der Waals surface area (Å²) >= 11 is 0. The van der Waals surface area contributed by atoms with Gasteiger partial charge in [0.1, 0.15) is 0 Å². The lowest BCUT2D eigenvalue weighted by Crippen LogP contribution is -1.92. The number of hydrogen-bond donors (Lipinski definition) is 1. The van der Waals surface area contributed by atoms with Gasteiger partial charge in [-0.25, -0.2) is 0 Å². The van der Waals surface area contributed by atoms with Gasteiger partial charge in [0.15, 0.2) is 0 Å². The zero-order valence-corrected chi connectivity index (χ0v) is 9.51. The summed E-state index contributed by atoms with van der Waals surface area (Å²) in [5.74, 6) is 0. The number of aryl methyl sites for hydroxylation is 1. The van der Waals surface area contributed by atoms with Gasteiger partial charge in [-0.1, -0.05) is 24.3 Å². The van der Waals surface area contributed by atoms with Crippen molar-refractivity contribution in [2.45, 2.75) is 6.92 Å². The molecule has 0 saturated heterocycles. The zero-order chi connectivity index (χ0) is 11.5. The Kier molecular flexibility index (Phi) is 2.77. The molecule has 0 aliphatic rings. The highest BCUT2D eigenvalue weighted by molar-refractivity contribution is 5.70. The maximum absolute atomic E-state index is 5.62. The molecule has 1 aromatic carbocycles. The van der Waals surface area contributed by atoms with Crippen molar-refractivity contribution in [3.05, 3.63) is 47.3 Å². The summed E-state index contributed by atoms with van der Waals surface area (Å²) in [6.45, 7) is 2.05. The predicted molar refractivity (Wildman–Crippen MR) is 67.7 cm³/mol. The van der Waals surface area contributed by atoms with Crippen molar-refractivity contribution in [2.75, 3.05) is 5.73 Å². The molecule has 0 amide bonds. The van der Waals surface area contributed by atoms with Crippen LogP contribution in [0.1, 0.15) is 16.8 Å². The summed E-state index contributed by atoms with van der Waals surface area (Å²) in [6, 6.07) is 7.79. The van der Waals surface area contributed by atoms with Crippen molar-refractivity contribution in [2.24, 2.45) is 7.05 Å². The van der Waals surface area contributed by atoms with Crippen LogP contribution in [0.3, 0.4) is 0 Å². The van der Waals surface area contributed by atoms with Gasteiger partial charge in [0.05, 0.1) is 6.20 Å². The van der Waals surface area contributed by atoms with Crippen LogP contribution in [0.5, 0.6) is 0 Å². The minimum atomic E-state index is 0.787. The van der Waals surface area contributed by atoms with Gasteiger partial charge in [-0.05, 0) is 24.6 Å². The number of aromatic nitrogens is 2. The van der Waals surface area contributed by atoms with Gasteiger partial charge in [-0.15, -0.1) is 0 Å². The van der Waals surface area contributed by atoms with E-state index in [1.807, 2.05) is 42.2 Å². The highest BCUT2D eigenvalue weighted by Gasteiger charge is 1.98. The molecule has 1 aromatic heterocycles. The first-order valence-electron chi connectivity index (χ1n) is 5.19. The molecular formula is C13H15N3. The van der Waals surface area contributed by atoms with E-state index in [0.717, 1.165) is 22.5 Å². The summed E-state index contributed by atoms with van der Waals surface area (Å²) in [5, 5.41) is 4.19. The van der Waals surface area contributed by atoms with E-state index in [4.69, 9.17) is 5.73 Å². The van der Waals surface area contributed by atoms with Gasteiger partial charge in [-0.3, -0.25) is 4.68 Å². The lowest BCUT2D eigenvalue weighted by Gasteiger charge is -1.96. The molecule has 16 heavy (non-hydrogen) atoms. The molecule has 0 spiro atoms. The molecule has 3 heteroatoms. The Morgan fingerprint density at radius 3 is 2.44 bits per heavy atom. The van der Waals surface area contributed by atoms with Crippen LogP contribution in [-0.4, -0.2) is 9.78 Å². The molecule has 2 rings (SSSR count). The number of nitrogens with two attached hydrogens (primary N) is 1. The Morgan fingerprint density at radius 1 is 1.19 bits per heavy atom. The minimum absolute atomic E-state index is 0.787. The molecule has 0 aliphatic heterocycles. The average Bonchev–Trinajstić information content (AvgIpc) is 2.60. The number of rotatable bonds is 2. The molecule has 0 unspecified atom stereocenters. The van der Waals surface area contributed by atoms with E-state index < -0.39 is 0 Å². The topological polar surface area (TPSA) is 43.8 Å². The zero-order valence-electron chi connectivity index (χ0n) is 9.51. The molecule has 0 radical (unpaired) electrons. The van der Waals surface area contributed by atoms with E-state index in [1.54, 1.807) is 0 Å². The first kappa shape index (κ1) is 10.5. The van der Waals surface area contributed by atoms with E-state index in [-0.39, 0.29) is 0 Å². The molecule has 0 bridgehead atoms. The second kappa shape index (κ2) is 4.23. The molecule has 0 saturated carbocycles. The van der Waals surface area contributed by atoms with Crippen LogP contribution in [0.4, 0.5) is 5.69 Å². The maximum atomic E-state index is 5.62. The summed E-state index contributed by atoms with van der Waals surface area (Å²) < 4.78 is 1.86. The van der Waals surface area contributed by atoms with E-state index in [1.165, 1.54) is 0 Å². The summed E-state index contributed by atoms with van der Waals surface area (Å²) in [4.78, 5) is 0. The van der Waals surface area contributed by atoms with Gasteiger partial charge < -0.3 is 5.73 Å². The van der Waals surface area contributed by atoms with Crippen molar-refractivity contribution < 1.29 is 0 Å². The van der Waals surface area contributed by atoms with E-state index in [9.17, 15) is 0 Å². The van der Waals surface area contributed by atoms with Gasteiger partial charge >= 0.3 is 0 Å². The third-order valence-corrected chi connectivity index (χ3v) is 2.67. The number of anilines is 1.